The van der Waals surface area contributed by atoms with Gasteiger partial charge in [0.1, 0.15) is 11.6 Å². The van der Waals surface area contributed by atoms with Crippen molar-refractivity contribution in [2.45, 2.75) is 25.3 Å². The molecular weight excluding hydrogens is 474 g/mol. The molecule has 182 valence electrons. The Morgan fingerprint density at radius 3 is 2.19 bits per heavy atom. The monoisotopic (exact) mass is 500 g/mol. The van der Waals surface area contributed by atoms with Crippen molar-refractivity contribution in [1.82, 2.24) is 15.6 Å². The van der Waals surface area contributed by atoms with Crippen molar-refractivity contribution in [3.05, 3.63) is 84.3 Å². The molecule has 0 spiro atoms. The number of aliphatic carboxylic acids is 1. The third-order valence-electron chi connectivity index (χ3n) is 5.19. The van der Waals surface area contributed by atoms with Crippen LogP contribution in [0.2, 0.25) is 0 Å². The molecule has 1 heterocycles. The summed E-state index contributed by atoms with van der Waals surface area (Å²) in [5.41, 5.74) is 2.19. The van der Waals surface area contributed by atoms with Gasteiger partial charge >= 0.3 is 29.6 Å². The largest absolute Gasteiger partial charge is 1.00 e. The quantitative estimate of drug-likeness (QED) is 0.221. The first-order valence-electron chi connectivity index (χ1n) is 11.2. The zero-order valence-corrected chi connectivity index (χ0v) is 22.0. The number of nitrogens with one attached hydrogen (secondary N) is 3. The van der Waals surface area contributed by atoms with E-state index in [1.54, 1.807) is 42.6 Å². The molecule has 2 aromatic carbocycles. The van der Waals surface area contributed by atoms with Gasteiger partial charge < -0.3 is 25.9 Å². The van der Waals surface area contributed by atoms with Gasteiger partial charge in [0.2, 0.25) is 11.8 Å². The smallest absolute Gasteiger partial charge is 0.550 e. The van der Waals surface area contributed by atoms with Crippen molar-refractivity contribution >= 4 is 23.6 Å². The Hall–Kier alpha value is -3.27. The van der Waals surface area contributed by atoms with Crippen LogP contribution in [0.5, 0.6) is 0 Å². The van der Waals surface area contributed by atoms with Crippen LogP contribution in [0.4, 0.5) is 10.2 Å². The van der Waals surface area contributed by atoms with Crippen LogP contribution in [0, 0.1) is 5.82 Å². The Morgan fingerprint density at radius 1 is 0.917 bits per heavy atom. The summed E-state index contributed by atoms with van der Waals surface area (Å²) in [6.45, 7) is 0.280. The molecule has 0 aliphatic carbocycles. The van der Waals surface area contributed by atoms with E-state index in [0.29, 0.717) is 18.5 Å². The van der Waals surface area contributed by atoms with Crippen LogP contribution in [-0.2, 0) is 14.4 Å². The fourth-order valence-electron chi connectivity index (χ4n) is 3.41. The molecule has 2 amide bonds. The fraction of sp³-hybridized carbons (Fsp3) is 0.231. The summed E-state index contributed by atoms with van der Waals surface area (Å²) in [6.07, 6.45) is 2.02. The van der Waals surface area contributed by atoms with Crippen LogP contribution < -0.4 is 50.6 Å². The number of benzene rings is 2. The van der Waals surface area contributed by atoms with Gasteiger partial charge in [-0.05, 0) is 47.4 Å². The van der Waals surface area contributed by atoms with Gasteiger partial charge in [0.05, 0.1) is 12.6 Å². The normalized spacial score (nSPS) is 11.0. The summed E-state index contributed by atoms with van der Waals surface area (Å²) in [7, 11) is 0. The maximum absolute atomic E-state index is 13.1. The van der Waals surface area contributed by atoms with E-state index in [2.05, 4.69) is 20.9 Å². The number of anilines is 1. The first-order valence-corrected chi connectivity index (χ1v) is 11.2. The molecular formula is C26H26FN4NaO4. The molecule has 1 atom stereocenters. The molecule has 3 N–H and O–H groups in total. The molecule has 0 radical (unpaired) electrons. The van der Waals surface area contributed by atoms with Crippen molar-refractivity contribution < 1.29 is 53.4 Å². The van der Waals surface area contributed by atoms with E-state index in [0.717, 1.165) is 16.9 Å². The van der Waals surface area contributed by atoms with Crippen LogP contribution >= 0.6 is 0 Å². The number of halogens is 1. The van der Waals surface area contributed by atoms with E-state index in [-0.39, 0.29) is 54.2 Å². The van der Waals surface area contributed by atoms with Crippen LogP contribution in [0.25, 0.3) is 11.1 Å². The number of rotatable bonds is 12. The van der Waals surface area contributed by atoms with Gasteiger partial charge in [-0.25, -0.2) is 9.37 Å². The van der Waals surface area contributed by atoms with Crippen LogP contribution in [0.1, 0.15) is 30.9 Å². The number of pyridine rings is 1. The molecule has 10 heteroatoms. The molecule has 3 aromatic rings. The van der Waals surface area contributed by atoms with Gasteiger partial charge in [0, 0.05) is 31.6 Å². The minimum Gasteiger partial charge on any atom is -0.550 e. The molecule has 0 aliphatic heterocycles. The van der Waals surface area contributed by atoms with E-state index < -0.39 is 24.3 Å². The van der Waals surface area contributed by atoms with E-state index in [4.69, 9.17) is 0 Å². The third kappa shape index (κ3) is 9.77. The SMILES string of the molecule is O=C([O-])CC(NC(=O)CNC(=O)CCCNc1ccccn1)c1ccc(-c2ccc(F)cc2)cc1.[Na+]. The van der Waals surface area contributed by atoms with Crippen molar-refractivity contribution in [2.75, 3.05) is 18.4 Å². The number of hydrogen-bond donors (Lipinski definition) is 3. The van der Waals surface area contributed by atoms with Crippen molar-refractivity contribution in [2.24, 2.45) is 0 Å². The number of aromatic nitrogens is 1. The Bertz CT molecular complexity index is 1130. The maximum Gasteiger partial charge on any atom is 1.00 e. The van der Waals surface area contributed by atoms with Crippen molar-refractivity contribution in [3.63, 3.8) is 0 Å². The van der Waals surface area contributed by atoms with Gasteiger partial charge in [-0.1, -0.05) is 42.5 Å². The van der Waals surface area contributed by atoms with Gasteiger partial charge in [0.15, 0.2) is 0 Å². The number of amides is 2. The second kappa shape index (κ2) is 15.0. The average Bonchev–Trinajstić information content (AvgIpc) is 2.86. The van der Waals surface area contributed by atoms with Gasteiger partial charge in [-0.2, -0.15) is 0 Å². The Balaban J connectivity index is 0.00000456. The molecule has 8 nitrogen and oxygen atoms in total. The van der Waals surface area contributed by atoms with Crippen LogP contribution in [-0.4, -0.2) is 35.9 Å². The minimum atomic E-state index is -1.32. The number of nitrogens with zero attached hydrogens (tertiary/aromatic N) is 1. The van der Waals surface area contributed by atoms with Gasteiger partial charge in [-0.15, -0.1) is 0 Å². The van der Waals surface area contributed by atoms with Crippen LogP contribution in [0.15, 0.2) is 72.9 Å². The molecule has 1 aromatic heterocycles. The topological polar surface area (TPSA) is 123 Å². The van der Waals surface area contributed by atoms with E-state index in [1.165, 1.54) is 12.1 Å². The fourth-order valence-corrected chi connectivity index (χ4v) is 3.41. The number of carboxylic acid groups (broad SMARTS) is 1. The van der Waals surface area contributed by atoms with E-state index in [1.807, 2.05) is 18.2 Å². The molecule has 0 fully saturated rings. The molecule has 0 bridgehead atoms. The van der Waals surface area contributed by atoms with Crippen molar-refractivity contribution in [3.8, 4) is 11.1 Å². The standard InChI is InChI=1S/C26H27FN4O4.Na/c27-21-12-10-19(11-13-21)18-6-8-20(9-7-18)22(16-26(34)35)31-25(33)17-30-24(32)5-3-15-29-23-4-1-2-14-28-23;/h1-2,4,6-14,22H,3,5,15-17H2,(H,28,29)(H,30,32)(H,31,33)(H,34,35);/q;+1/p-1. The summed E-state index contributed by atoms with van der Waals surface area (Å²) < 4.78 is 13.1. The Morgan fingerprint density at radius 2 is 1.58 bits per heavy atom. The first kappa shape index (κ1) is 29.0. The molecule has 0 saturated heterocycles. The Kier molecular flexibility index (Phi) is 12.0. The number of carbonyl (C=O) groups excluding carboxylic acids is 3. The van der Waals surface area contributed by atoms with Gasteiger partial charge in [0.25, 0.3) is 0 Å². The molecule has 0 aliphatic rings. The predicted molar refractivity (Wildman–Crippen MR) is 127 cm³/mol. The average molecular weight is 501 g/mol. The van der Waals surface area contributed by atoms with Crippen LogP contribution in [0.3, 0.4) is 0 Å². The van der Waals surface area contributed by atoms with E-state index >= 15 is 0 Å². The number of carbonyl (C=O) groups is 3. The molecule has 3 rings (SSSR count). The third-order valence-corrected chi connectivity index (χ3v) is 5.19. The zero-order valence-electron chi connectivity index (χ0n) is 20.0. The minimum absolute atomic E-state index is 0. The summed E-state index contributed by atoms with van der Waals surface area (Å²) in [4.78, 5) is 39.7. The summed E-state index contributed by atoms with van der Waals surface area (Å²) in [5.74, 6) is -1.74. The predicted octanol–water partition coefficient (Wildman–Crippen LogP) is -0.802. The number of carboxylic acids is 1. The maximum atomic E-state index is 13.1. The molecule has 1 unspecified atom stereocenters. The summed E-state index contributed by atoms with van der Waals surface area (Å²) >= 11 is 0. The Labute approximate surface area is 231 Å². The number of hydrogen-bond acceptors (Lipinski definition) is 6. The molecule has 36 heavy (non-hydrogen) atoms. The second-order valence-electron chi connectivity index (χ2n) is 7.85. The zero-order chi connectivity index (χ0) is 25.0. The van der Waals surface area contributed by atoms with E-state index in [9.17, 15) is 23.9 Å². The summed E-state index contributed by atoms with van der Waals surface area (Å²) in [5, 5.41) is 19.5. The molecule has 0 saturated carbocycles. The summed E-state index contributed by atoms with van der Waals surface area (Å²) in [6, 6.07) is 17.6. The van der Waals surface area contributed by atoms with Crippen molar-refractivity contribution in [1.29, 1.82) is 0 Å². The van der Waals surface area contributed by atoms with Gasteiger partial charge in [-0.3, -0.25) is 9.59 Å². The first-order chi connectivity index (χ1) is 16.9. The second-order valence-corrected chi connectivity index (χ2v) is 7.85.